The van der Waals surface area contributed by atoms with Crippen molar-refractivity contribution in [1.29, 1.82) is 5.26 Å². The van der Waals surface area contributed by atoms with E-state index in [1.165, 1.54) is 12.1 Å². The summed E-state index contributed by atoms with van der Waals surface area (Å²) in [5.41, 5.74) is -0.362. The third-order valence-electron chi connectivity index (χ3n) is 2.53. The number of nitrogens with one attached hydrogen (secondary N) is 2. The van der Waals surface area contributed by atoms with Gasteiger partial charge < -0.3 is 15.7 Å². The maximum absolute atomic E-state index is 13.1. The molecule has 0 aliphatic rings. The fourth-order valence-electron chi connectivity index (χ4n) is 1.50. The average Bonchev–Trinajstić information content (AvgIpc) is 2.30. The number of aliphatic hydroxyl groups is 1. The number of urea groups is 1. The highest BCUT2D eigenvalue weighted by Crippen LogP contribution is 2.14. The lowest BCUT2D eigenvalue weighted by atomic mass is 10.0. The number of hydrogen-bond acceptors (Lipinski definition) is 3. The summed E-state index contributed by atoms with van der Waals surface area (Å²) in [6.45, 7) is 3.50. The number of amides is 2. The molecule has 0 aromatic heterocycles. The van der Waals surface area contributed by atoms with Crippen LogP contribution in [0.25, 0.3) is 0 Å². The second kappa shape index (κ2) is 6.16. The molecule has 0 fully saturated rings. The number of nitrogens with zero attached hydrogens (tertiary/aromatic N) is 1. The molecule has 0 radical (unpaired) electrons. The van der Waals surface area contributed by atoms with Gasteiger partial charge in [0.25, 0.3) is 0 Å². The Labute approximate surface area is 111 Å². The Morgan fingerprint density at radius 1 is 1.53 bits per heavy atom. The van der Waals surface area contributed by atoms with Gasteiger partial charge in [-0.05, 0) is 38.5 Å². The van der Waals surface area contributed by atoms with Gasteiger partial charge in [-0.1, -0.05) is 0 Å². The van der Waals surface area contributed by atoms with E-state index in [2.05, 4.69) is 10.6 Å². The van der Waals surface area contributed by atoms with Gasteiger partial charge in [0, 0.05) is 17.8 Å². The van der Waals surface area contributed by atoms with E-state index in [1.807, 2.05) is 0 Å². The van der Waals surface area contributed by atoms with Crippen LogP contribution >= 0.6 is 0 Å². The van der Waals surface area contributed by atoms with E-state index in [0.717, 1.165) is 6.07 Å². The van der Waals surface area contributed by atoms with E-state index in [4.69, 9.17) is 10.4 Å². The molecular formula is C13H16FN3O2. The van der Waals surface area contributed by atoms with Crippen LogP contribution < -0.4 is 10.6 Å². The predicted molar refractivity (Wildman–Crippen MR) is 69.1 cm³/mol. The molecule has 0 bridgehead atoms. The van der Waals surface area contributed by atoms with Crippen molar-refractivity contribution in [2.24, 2.45) is 0 Å². The quantitative estimate of drug-likeness (QED) is 0.778. The van der Waals surface area contributed by atoms with Crippen molar-refractivity contribution in [3.05, 3.63) is 29.6 Å². The Bertz CT molecular complexity index is 509. The van der Waals surface area contributed by atoms with Crippen molar-refractivity contribution < 1.29 is 14.3 Å². The average molecular weight is 265 g/mol. The van der Waals surface area contributed by atoms with Crippen LogP contribution in [0, 0.1) is 17.1 Å². The number of carbonyl (C=O) groups is 1. The van der Waals surface area contributed by atoms with Gasteiger partial charge in [-0.15, -0.1) is 0 Å². The Hall–Kier alpha value is -2.13. The number of benzene rings is 1. The second-order valence-corrected chi connectivity index (χ2v) is 4.74. The van der Waals surface area contributed by atoms with Gasteiger partial charge in [0.1, 0.15) is 11.9 Å². The third kappa shape index (κ3) is 4.56. The van der Waals surface area contributed by atoms with Crippen molar-refractivity contribution in [3.8, 4) is 6.07 Å². The maximum Gasteiger partial charge on any atom is 0.319 e. The van der Waals surface area contributed by atoms with Crippen LogP contribution in [0.2, 0.25) is 0 Å². The van der Waals surface area contributed by atoms with E-state index in [1.54, 1.807) is 19.9 Å². The molecule has 2 amide bonds. The normalized spacial score (nSPS) is 10.7. The summed E-state index contributed by atoms with van der Waals surface area (Å²) in [7, 11) is 0. The van der Waals surface area contributed by atoms with Crippen molar-refractivity contribution in [2.75, 3.05) is 11.9 Å². The molecular weight excluding hydrogens is 249 g/mol. The van der Waals surface area contributed by atoms with Crippen molar-refractivity contribution in [1.82, 2.24) is 5.32 Å². The highest BCUT2D eigenvalue weighted by atomic mass is 19.1. The van der Waals surface area contributed by atoms with Crippen molar-refractivity contribution in [2.45, 2.75) is 25.8 Å². The van der Waals surface area contributed by atoms with Crippen LogP contribution in [0.4, 0.5) is 14.9 Å². The fraction of sp³-hybridized carbons (Fsp3) is 0.385. The number of aliphatic hydroxyl groups excluding tert-OH is 1. The van der Waals surface area contributed by atoms with Crippen LogP contribution in [-0.4, -0.2) is 23.3 Å². The van der Waals surface area contributed by atoms with Gasteiger partial charge in [0.15, 0.2) is 0 Å². The molecule has 102 valence electrons. The van der Waals surface area contributed by atoms with E-state index < -0.39 is 17.4 Å². The van der Waals surface area contributed by atoms with Gasteiger partial charge in [0.2, 0.25) is 0 Å². The fourth-order valence-corrected chi connectivity index (χ4v) is 1.50. The van der Waals surface area contributed by atoms with Crippen LogP contribution in [-0.2, 0) is 0 Å². The van der Waals surface area contributed by atoms with Crippen LogP contribution in [0.5, 0.6) is 0 Å². The molecule has 6 heteroatoms. The van der Waals surface area contributed by atoms with Gasteiger partial charge in [-0.3, -0.25) is 0 Å². The Morgan fingerprint density at radius 3 is 2.79 bits per heavy atom. The number of rotatable bonds is 4. The molecule has 0 saturated carbocycles. The van der Waals surface area contributed by atoms with Gasteiger partial charge in [0.05, 0.1) is 5.56 Å². The first-order valence-corrected chi connectivity index (χ1v) is 5.77. The topological polar surface area (TPSA) is 85.2 Å². The van der Waals surface area contributed by atoms with E-state index >= 15 is 0 Å². The Kier molecular flexibility index (Phi) is 4.84. The molecule has 0 aliphatic carbocycles. The summed E-state index contributed by atoms with van der Waals surface area (Å²) in [4.78, 5) is 11.7. The van der Waals surface area contributed by atoms with Gasteiger partial charge in [-0.2, -0.15) is 5.26 Å². The Balaban J connectivity index is 2.70. The van der Waals surface area contributed by atoms with E-state index in [-0.39, 0.29) is 12.2 Å². The summed E-state index contributed by atoms with van der Waals surface area (Å²) in [5.74, 6) is -0.630. The monoisotopic (exact) mass is 265 g/mol. The molecule has 0 atom stereocenters. The lowest BCUT2D eigenvalue weighted by molar-refractivity contribution is 0.218. The second-order valence-electron chi connectivity index (χ2n) is 4.74. The molecule has 1 aromatic rings. The molecule has 0 spiro atoms. The SMILES string of the molecule is CC(C)(CCO)NC(=O)Nc1ccc(F)c(C#N)c1. The van der Waals surface area contributed by atoms with Gasteiger partial charge >= 0.3 is 6.03 Å². The predicted octanol–water partition coefficient (Wildman–Crippen LogP) is 1.98. The number of hydrogen-bond donors (Lipinski definition) is 3. The number of anilines is 1. The highest BCUT2D eigenvalue weighted by molar-refractivity contribution is 5.89. The summed E-state index contributed by atoms with van der Waals surface area (Å²) >= 11 is 0. The zero-order valence-corrected chi connectivity index (χ0v) is 10.8. The molecule has 0 saturated heterocycles. The summed E-state index contributed by atoms with van der Waals surface area (Å²) in [6, 6.07) is 4.97. The standard InChI is InChI=1S/C13H16FN3O2/c1-13(2,5-6-18)17-12(19)16-10-3-4-11(14)9(7-10)8-15/h3-4,7,18H,5-6H2,1-2H3,(H2,16,17,19). The van der Waals surface area contributed by atoms with E-state index in [9.17, 15) is 9.18 Å². The third-order valence-corrected chi connectivity index (χ3v) is 2.53. The maximum atomic E-state index is 13.1. The minimum Gasteiger partial charge on any atom is -0.396 e. The zero-order chi connectivity index (χ0) is 14.5. The van der Waals surface area contributed by atoms with Crippen LogP contribution in [0.15, 0.2) is 18.2 Å². The summed E-state index contributed by atoms with van der Waals surface area (Å²) in [5, 5.41) is 22.7. The largest absolute Gasteiger partial charge is 0.396 e. The van der Waals surface area contributed by atoms with Crippen molar-refractivity contribution in [3.63, 3.8) is 0 Å². The number of halogens is 1. The van der Waals surface area contributed by atoms with Crippen molar-refractivity contribution >= 4 is 11.7 Å². The molecule has 19 heavy (non-hydrogen) atoms. The molecule has 1 rings (SSSR count). The molecule has 0 aliphatic heterocycles. The lowest BCUT2D eigenvalue weighted by Gasteiger charge is -2.25. The van der Waals surface area contributed by atoms with Crippen LogP contribution in [0.3, 0.4) is 0 Å². The van der Waals surface area contributed by atoms with E-state index in [0.29, 0.717) is 12.1 Å². The highest BCUT2D eigenvalue weighted by Gasteiger charge is 2.19. The lowest BCUT2D eigenvalue weighted by Crippen LogP contribution is -2.46. The first-order valence-electron chi connectivity index (χ1n) is 5.77. The number of carbonyl (C=O) groups excluding carboxylic acids is 1. The summed E-state index contributed by atoms with van der Waals surface area (Å²) < 4.78 is 13.1. The Morgan fingerprint density at radius 2 is 2.21 bits per heavy atom. The van der Waals surface area contributed by atoms with Crippen LogP contribution in [0.1, 0.15) is 25.8 Å². The molecule has 3 N–H and O–H groups in total. The van der Waals surface area contributed by atoms with Gasteiger partial charge in [-0.25, -0.2) is 9.18 Å². The first kappa shape index (κ1) is 14.9. The number of nitriles is 1. The minimum atomic E-state index is -0.630. The zero-order valence-electron chi connectivity index (χ0n) is 10.8. The minimum absolute atomic E-state index is 0.0393. The smallest absolute Gasteiger partial charge is 0.319 e. The summed E-state index contributed by atoms with van der Waals surface area (Å²) in [6.07, 6.45) is 0.410. The molecule has 0 heterocycles. The molecule has 5 nitrogen and oxygen atoms in total. The molecule has 1 aromatic carbocycles. The molecule has 0 unspecified atom stereocenters. The first-order chi connectivity index (χ1) is 8.88.